The summed E-state index contributed by atoms with van der Waals surface area (Å²) in [6, 6.07) is 5.83. The van der Waals surface area contributed by atoms with Gasteiger partial charge in [-0.1, -0.05) is 11.8 Å². The number of piperidine rings is 1. The van der Waals surface area contributed by atoms with Gasteiger partial charge in [-0.2, -0.15) is 0 Å². The van der Waals surface area contributed by atoms with Gasteiger partial charge in [0.25, 0.3) is 0 Å². The number of fused-ring (bicyclic) bond motifs is 1. The van der Waals surface area contributed by atoms with Gasteiger partial charge in [-0.25, -0.2) is 19.7 Å². The number of methoxy groups -OCH3 is 1. The minimum absolute atomic E-state index is 0.302. The second-order valence-electron chi connectivity index (χ2n) is 6.49. The van der Waals surface area contributed by atoms with Gasteiger partial charge in [-0.15, -0.1) is 0 Å². The molecule has 0 aromatic carbocycles. The third-order valence-corrected chi connectivity index (χ3v) is 5.56. The van der Waals surface area contributed by atoms with Crippen molar-refractivity contribution >= 4 is 34.6 Å². The average molecular weight is 383 g/mol. The molecule has 4 rings (SSSR count). The lowest BCUT2D eigenvalue weighted by Crippen LogP contribution is -2.33. The molecule has 0 amide bonds. The normalized spacial score (nSPS) is 15.3. The van der Waals surface area contributed by atoms with Gasteiger partial charge in [0.15, 0.2) is 10.9 Å². The Morgan fingerprint density at radius 2 is 2.15 bits per heavy atom. The van der Waals surface area contributed by atoms with E-state index in [1.165, 1.54) is 29.8 Å². The minimum atomic E-state index is -0.435. The van der Waals surface area contributed by atoms with Crippen LogP contribution in [0.25, 0.3) is 11.0 Å². The molecule has 8 heteroatoms. The monoisotopic (exact) mass is 383 g/mol. The van der Waals surface area contributed by atoms with E-state index in [1.807, 2.05) is 18.5 Å². The molecule has 1 saturated heterocycles. The van der Waals surface area contributed by atoms with Gasteiger partial charge in [0.2, 0.25) is 0 Å². The fourth-order valence-corrected chi connectivity index (χ4v) is 3.98. The summed E-state index contributed by atoms with van der Waals surface area (Å²) in [6.07, 6.45) is 7.84. The van der Waals surface area contributed by atoms with Gasteiger partial charge in [0, 0.05) is 36.9 Å². The Bertz CT molecular complexity index is 966. The number of thioether (sulfide) groups is 1. The fourth-order valence-electron chi connectivity index (χ4n) is 3.61. The predicted molar refractivity (Wildman–Crippen MR) is 105 cm³/mol. The summed E-state index contributed by atoms with van der Waals surface area (Å²) >= 11 is 1.42. The van der Waals surface area contributed by atoms with E-state index in [9.17, 15) is 4.79 Å². The topological polar surface area (TPSA) is 84.0 Å². The molecule has 0 bridgehead atoms. The minimum Gasteiger partial charge on any atom is -0.464 e. The maximum Gasteiger partial charge on any atom is 0.356 e. The van der Waals surface area contributed by atoms with Gasteiger partial charge < -0.3 is 14.6 Å². The molecule has 1 aliphatic heterocycles. The number of anilines is 1. The first-order chi connectivity index (χ1) is 13.2. The Hall–Kier alpha value is -2.61. The lowest BCUT2D eigenvalue weighted by atomic mass is 9.89. The molecule has 3 aromatic rings. The predicted octanol–water partition coefficient (Wildman–Crippen LogP) is 3.25. The lowest BCUT2D eigenvalue weighted by Gasteiger charge is -2.33. The first-order valence-corrected chi connectivity index (χ1v) is 10.1. The molecule has 27 heavy (non-hydrogen) atoms. The summed E-state index contributed by atoms with van der Waals surface area (Å²) in [5.41, 5.74) is 2.58. The van der Waals surface area contributed by atoms with Crippen molar-refractivity contribution in [2.24, 2.45) is 0 Å². The average Bonchev–Trinajstić information content (AvgIpc) is 3.17. The molecular weight excluding hydrogens is 362 g/mol. The van der Waals surface area contributed by atoms with Crippen molar-refractivity contribution in [3.8, 4) is 0 Å². The van der Waals surface area contributed by atoms with Crippen LogP contribution in [0.5, 0.6) is 0 Å². The number of nitrogens with one attached hydrogen (secondary N) is 1. The van der Waals surface area contributed by atoms with E-state index in [0.29, 0.717) is 16.8 Å². The molecule has 1 fully saturated rings. The molecule has 0 saturated carbocycles. The fraction of sp³-hybridized carbons (Fsp3) is 0.368. The van der Waals surface area contributed by atoms with E-state index in [4.69, 9.17) is 4.74 Å². The summed E-state index contributed by atoms with van der Waals surface area (Å²) in [7, 11) is 1.37. The molecule has 0 spiro atoms. The van der Waals surface area contributed by atoms with Crippen LogP contribution in [-0.4, -0.2) is 52.4 Å². The first kappa shape index (κ1) is 17.8. The van der Waals surface area contributed by atoms with Crippen LogP contribution < -0.4 is 4.90 Å². The molecule has 1 N–H and O–H groups in total. The summed E-state index contributed by atoms with van der Waals surface area (Å²) in [5, 5.41) is 1.79. The van der Waals surface area contributed by atoms with Gasteiger partial charge >= 0.3 is 5.97 Å². The number of rotatable bonds is 4. The van der Waals surface area contributed by atoms with E-state index in [1.54, 1.807) is 6.07 Å². The van der Waals surface area contributed by atoms with Crippen LogP contribution in [0.4, 0.5) is 5.82 Å². The van der Waals surface area contributed by atoms with E-state index in [0.717, 1.165) is 37.4 Å². The summed E-state index contributed by atoms with van der Waals surface area (Å²) in [6.45, 7) is 1.76. The van der Waals surface area contributed by atoms with Crippen molar-refractivity contribution in [3.63, 3.8) is 0 Å². The Kier molecular flexibility index (Phi) is 4.98. The van der Waals surface area contributed by atoms with Crippen molar-refractivity contribution in [1.29, 1.82) is 0 Å². The summed E-state index contributed by atoms with van der Waals surface area (Å²) in [5.74, 6) is 0.838. The van der Waals surface area contributed by atoms with Crippen LogP contribution in [0.2, 0.25) is 0 Å². The maximum atomic E-state index is 11.9. The van der Waals surface area contributed by atoms with Crippen molar-refractivity contribution < 1.29 is 9.53 Å². The van der Waals surface area contributed by atoms with Gasteiger partial charge in [0.05, 0.1) is 7.11 Å². The van der Waals surface area contributed by atoms with Gasteiger partial charge in [-0.05, 0) is 42.7 Å². The molecule has 0 atom stereocenters. The lowest BCUT2D eigenvalue weighted by molar-refractivity contribution is 0.0593. The van der Waals surface area contributed by atoms with Crippen molar-refractivity contribution in [3.05, 3.63) is 41.9 Å². The van der Waals surface area contributed by atoms with Crippen LogP contribution in [0.15, 0.2) is 35.7 Å². The molecule has 1 aliphatic rings. The zero-order chi connectivity index (χ0) is 18.8. The van der Waals surface area contributed by atoms with Crippen molar-refractivity contribution in [2.45, 2.75) is 23.9 Å². The third kappa shape index (κ3) is 3.49. The highest BCUT2D eigenvalue weighted by atomic mass is 32.2. The van der Waals surface area contributed by atoms with Crippen LogP contribution in [0.3, 0.4) is 0 Å². The van der Waals surface area contributed by atoms with E-state index >= 15 is 0 Å². The number of hydrogen-bond donors (Lipinski definition) is 1. The molecular formula is C19H21N5O2S. The molecule has 4 heterocycles. The second kappa shape index (κ2) is 7.56. The van der Waals surface area contributed by atoms with E-state index < -0.39 is 5.97 Å². The number of aromatic amines is 1. The molecule has 7 nitrogen and oxygen atoms in total. The Labute approximate surface area is 161 Å². The van der Waals surface area contributed by atoms with Crippen molar-refractivity contribution in [2.75, 3.05) is 31.4 Å². The molecule has 0 unspecified atom stereocenters. The smallest absolute Gasteiger partial charge is 0.356 e. The number of hydrogen-bond acceptors (Lipinski definition) is 7. The van der Waals surface area contributed by atoms with Crippen LogP contribution >= 0.6 is 11.8 Å². The maximum absolute atomic E-state index is 11.9. The standard InChI is InChI=1S/C19H21N5O2S/c1-26-18(25)15-10-16(23-19(22-15)27-2)24-8-5-12(6-9-24)14-11-21-17-13(14)4-3-7-20-17/h3-4,7,10-12H,5-6,8-9H2,1-2H3,(H,20,21). The number of esters is 1. The molecule has 140 valence electrons. The number of carbonyl (C=O) groups is 1. The zero-order valence-electron chi connectivity index (χ0n) is 15.3. The van der Waals surface area contributed by atoms with Gasteiger partial charge in [0.1, 0.15) is 11.5 Å². The number of pyridine rings is 1. The third-order valence-electron chi connectivity index (χ3n) is 5.01. The number of carbonyl (C=O) groups excluding carboxylic acids is 1. The van der Waals surface area contributed by atoms with Crippen LogP contribution in [0, 0.1) is 0 Å². The van der Waals surface area contributed by atoms with Crippen molar-refractivity contribution in [1.82, 2.24) is 19.9 Å². The SMILES string of the molecule is COC(=O)c1cc(N2CCC(c3c[nH]c4ncccc34)CC2)nc(SC)n1. The Balaban J connectivity index is 1.53. The molecule has 0 radical (unpaired) electrons. The highest BCUT2D eigenvalue weighted by molar-refractivity contribution is 7.98. The van der Waals surface area contributed by atoms with E-state index in [2.05, 4.69) is 37.1 Å². The zero-order valence-corrected chi connectivity index (χ0v) is 16.1. The molecule has 3 aromatic heterocycles. The Morgan fingerprint density at radius 1 is 1.33 bits per heavy atom. The number of ether oxygens (including phenoxy) is 1. The van der Waals surface area contributed by atoms with Crippen LogP contribution in [-0.2, 0) is 4.74 Å². The summed E-state index contributed by atoms with van der Waals surface area (Å²) < 4.78 is 4.82. The molecule has 0 aliphatic carbocycles. The largest absolute Gasteiger partial charge is 0.464 e. The highest BCUT2D eigenvalue weighted by Crippen LogP contribution is 2.34. The number of aromatic nitrogens is 4. The van der Waals surface area contributed by atoms with E-state index in [-0.39, 0.29) is 0 Å². The summed E-state index contributed by atoms with van der Waals surface area (Å²) in [4.78, 5) is 30.6. The van der Waals surface area contributed by atoms with Gasteiger partial charge in [-0.3, -0.25) is 0 Å². The number of H-pyrrole nitrogens is 1. The quantitative estimate of drug-likeness (QED) is 0.420. The Morgan fingerprint density at radius 3 is 2.89 bits per heavy atom. The second-order valence-corrected chi connectivity index (χ2v) is 7.27. The van der Waals surface area contributed by atoms with Crippen LogP contribution in [0.1, 0.15) is 34.8 Å². The number of nitrogens with zero attached hydrogens (tertiary/aromatic N) is 4. The first-order valence-electron chi connectivity index (χ1n) is 8.88. The highest BCUT2D eigenvalue weighted by Gasteiger charge is 2.25.